The van der Waals surface area contributed by atoms with Crippen LogP contribution < -0.4 is 4.90 Å². The van der Waals surface area contributed by atoms with E-state index in [0.29, 0.717) is 6.42 Å². The lowest BCUT2D eigenvalue weighted by atomic mass is 9.97. The van der Waals surface area contributed by atoms with E-state index in [1.807, 2.05) is 61.1 Å². The number of aryl methyl sites for hydroxylation is 1. The Morgan fingerprint density at radius 3 is 2.45 bits per heavy atom. The van der Waals surface area contributed by atoms with E-state index in [1.165, 1.54) is 0 Å². The van der Waals surface area contributed by atoms with E-state index >= 15 is 0 Å². The number of ether oxygens (including phenoxy) is 1. The molecule has 168 valence electrons. The Morgan fingerprint density at radius 2 is 1.76 bits per heavy atom. The minimum atomic E-state index is -0.424. The number of aromatic nitrogens is 3. The first-order chi connectivity index (χ1) is 15.9. The zero-order valence-corrected chi connectivity index (χ0v) is 19.5. The van der Waals surface area contributed by atoms with E-state index in [4.69, 9.17) is 9.72 Å². The molecule has 0 saturated carbocycles. The van der Waals surface area contributed by atoms with Crippen LogP contribution in [0.3, 0.4) is 0 Å². The standard InChI is InChI=1S/C27H28N4O2/c1-27(2,33-4)21-13-23-24(17-30(3)26(23)29-16-21)20-12-19(14-28-15-20)18-7-9-22(10-8-18)31-11-5-6-25(31)32/h7-10,12-17H,5-6,11H2,1-4H3. The summed E-state index contributed by atoms with van der Waals surface area (Å²) < 4.78 is 7.72. The minimum absolute atomic E-state index is 0.201. The fraction of sp³-hybridized carbons (Fsp3) is 0.296. The molecule has 4 heterocycles. The van der Waals surface area contributed by atoms with Crippen LogP contribution in [0.1, 0.15) is 32.3 Å². The number of hydrogen-bond acceptors (Lipinski definition) is 4. The van der Waals surface area contributed by atoms with Crippen LogP contribution in [0.25, 0.3) is 33.3 Å². The molecule has 33 heavy (non-hydrogen) atoms. The first kappa shape index (κ1) is 21.3. The van der Waals surface area contributed by atoms with Gasteiger partial charge in [0.2, 0.25) is 5.91 Å². The predicted molar refractivity (Wildman–Crippen MR) is 131 cm³/mol. The van der Waals surface area contributed by atoms with Crippen molar-refractivity contribution in [3.63, 3.8) is 0 Å². The number of fused-ring (bicyclic) bond motifs is 1. The maximum atomic E-state index is 12.0. The maximum Gasteiger partial charge on any atom is 0.227 e. The van der Waals surface area contributed by atoms with Gasteiger partial charge in [-0.2, -0.15) is 0 Å². The van der Waals surface area contributed by atoms with E-state index in [9.17, 15) is 4.79 Å². The number of hydrogen-bond donors (Lipinski definition) is 0. The molecule has 0 radical (unpaired) electrons. The lowest BCUT2D eigenvalue weighted by molar-refractivity contribution is -0.117. The van der Waals surface area contributed by atoms with Gasteiger partial charge in [-0.05, 0) is 50.1 Å². The van der Waals surface area contributed by atoms with Crippen molar-refractivity contribution in [1.82, 2.24) is 14.5 Å². The van der Waals surface area contributed by atoms with Gasteiger partial charge in [0, 0.05) is 85.2 Å². The van der Waals surface area contributed by atoms with Gasteiger partial charge in [-0.15, -0.1) is 0 Å². The van der Waals surface area contributed by atoms with E-state index < -0.39 is 5.60 Å². The Kier molecular flexibility index (Phi) is 5.25. The average molecular weight is 441 g/mol. The molecular weight excluding hydrogens is 412 g/mol. The zero-order chi connectivity index (χ0) is 23.2. The summed E-state index contributed by atoms with van der Waals surface area (Å²) in [5, 5.41) is 1.07. The summed E-state index contributed by atoms with van der Waals surface area (Å²) in [4.78, 5) is 23.1. The van der Waals surface area contributed by atoms with Crippen LogP contribution in [0.2, 0.25) is 0 Å². The summed E-state index contributed by atoms with van der Waals surface area (Å²) >= 11 is 0. The van der Waals surface area contributed by atoms with Crippen molar-refractivity contribution in [3.8, 4) is 22.3 Å². The Labute approximate surface area is 193 Å². The van der Waals surface area contributed by atoms with Crippen molar-refractivity contribution >= 4 is 22.6 Å². The highest BCUT2D eigenvalue weighted by molar-refractivity contribution is 5.96. The van der Waals surface area contributed by atoms with Gasteiger partial charge in [-0.25, -0.2) is 4.98 Å². The van der Waals surface area contributed by atoms with E-state index in [-0.39, 0.29) is 5.91 Å². The molecule has 1 saturated heterocycles. The zero-order valence-electron chi connectivity index (χ0n) is 19.5. The summed E-state index contributed by atoms with van der Waals surface area (Å²) in [6.07, 6.45) is 9.32. The fourth-order valence-corrected chi connectivity index (χ4v) is 4.44. The number of rotatable bonds is 5. The maximum absolute atomic E-state index is 12.0. The van der Waals surface area contributed by atoms with Crippen LogP contribution >= 0.6 is 0 Å². The normalized spacial score (nSPS) is 14.4. The Bertz CT molecular complexity index is 1340. The van der Waals surface area contributed by atoms with Crippen LogP contribution in [-0.2, 0) is 22.2 Å². The van der Waals surface area contributed by atoms with Crippen molar-refractivity contribution < 1.29 is 9.53 Å². The Hall–Kier alpha value is -3.51. The summed E-state index contributed by atoms with van der Waals surface area (Å²) in [7, 11) is 3.73. The van der Waals surface area contributed by atoms with Gasteiger partial charge in [0.1, 0.15) is 5.65 Å². The molecule has 1 amide bonds. The first-order valence-electron chi connectivity index (χ1n) is 11.2. The summed E-state index contributed by atoms with van der Waals surface area (Å²) in [6.45, 7) is 4.88. The Morgan fingerprint density at radius 1 is 1.00 bits per heavy atom. The molecule has 0 bridgehead atoms. The second-order valence-electron chi connectivity index (χ2n) is 9.12. The molecule has 0 atom stereocenters. The first-order valence-corrected chi connectivity index (χ1v) is 11.2. The van der Waals surface area contributed by atoms with E-state index in [1.54, 1.807) is 7.11 Å². The minimum Gasteiger partial charge on any atom is -0.374 e. The molecule has 4 aromatic rings. The number of nitrogens with zero attached hydrogens (tertiary/aromatic N) is 4. The van der Waals surface area contributed by atoms with Gasteiger partial charge in [0.05, 0.1) is 5.60 Å². The highest BCUT2D eigenvalue weighted by atomic mass is 16.5. The molecule has 1 aliphatic rings. The van der Waals surface area contributed by atoms with Gasteiger partial charge < -0.3 is 14.2 Å². The number of carbonyl (C=O) groups is 1. The van der Waals surface area contributed by atoms with Crippen molar-refractivity contribution in [3.05, 3.63) is 66.7 Å². The summed E-state index contributed by atoms with van der Waals surface area (Å²) in [5.41, 5.74) is 6.70. The van der Waals surface area contributed by atoms with E-state index in [2.05, 4.69) is 35.4 Å². The summed E-state index contributed by atoms with van der Waals surface area (Å²) in [5.74, 6) is 0.201. The van der Waals surface area contributed by atoms with Gasteiger partial charge in [0.15, 0.2) is 0 Å². The van der Waals surface area contributed by atoms with Crippen LogP contribution in [0.15, 0.2) is 61.2 Å². The average Bonchev–Trinajstić information content (AvgIpc) is 3.42. The van der Waals surface area contributed by atoms with E-state index in [0.717, 1.165) is 57.5 Å². The van der Waals surface area contributed by atoms with Gasteiger partial charge in [-0.1, -0.05) is 12.1 Å². The molecule has 1 aliphatic heterocycles. The predicted octanol–water partition coefficient (Wildman–Crippen LogP) is 5.31. The van der Waals surface area contributed by atoms with Crippen molar-refractivity contribution in [1.29, 1.82) is 0 Å². The van der Waals surface area contributed by atoms with Crippen molar-refractivity contribution in [2.45, 2.75) is 32.3 Å². The number of anilines is 1. The van der Waals surface area contributed by atoms with Gasteiger partial charge >= 0.3 is 0 Å². The molecule has 5 rings (SSSR count). The molecule has 0 spiro atoms. The molecular formula is C27H28N4O2. The topological polar surface area (TPSA) is 60.3 Å². The molecule has 1 fully saturated rings. The fourth-order valence-electron chi connectivity index (χ4n) is 4.44. The Balaban J connectivity index is 1.53. The quantitative estimate of drug-likeness (QED) is 0.422. The number of benzene rings is 1. The molecule has 6 heteroatoms. The SMILES string of the molecule is COC(C)(C)c1cnc2c(c1)c(-c1cncc(-c3ccc(N4CCCC4=O)cc3)c1)cn2C. The lowest BCUT2D eigenvalue weighted by Crippen LogP contribution is -2.23. The third-order valence-corrected chi connectivity index (χ3v) is 6.65. The number of amides is 1. The molecule has 0 unspecified atom stereocenters. The number of methoxy groups -OCH3 is 1. The highest BCUT2D eigenvalue weighted by Crippen LogP contribution is 2.34. The largest absolute Gasteiger partial charge is 0.374 e. The van der Waals surface area contributed by atoms with Gasteiger partial charge in [0.25, 0.3) is 0 Å². The molecule has 0 aliphatic carbocycles. The second kappa shape index (κ2) is 8.12. The van der Waals surface area contributed by atoms with Crippen LogP contribution in [0.4, 0.5) is 5.69 Å². The smallest absolute Gasteiger partial charge is 0.227 e. The third kappa shape index (κ3) is 3.80. The molecule has 1 aromatic carbocycles. The lowest BCUT2D eigenvalue weighted by Gasteiger charge is -2.23. The molecule has 3 aromatic heterocycles. The van der Waals surface area contributed by atoms with Gasteiger partial charge in [-0.3, -0.25) is 9.78 Å². The highest BCUT2D eigenvalue weighted by Gasteiger charge is 2.23. The third-order valence-electron chi connectivity index (χ3n) is 6.65. The molecule has 0 N–H and O–H groups in total. The van der Waals surface area contributed by atoms with Crippen LogP contribution in [-0.4, -0.2) is 34.1 Å². The molecule has 6 nitrogen and oxygen atoms in total. The second-order valence-corrected chi connectivity index (χ2v) is 9.12. The number of carbonyl (C=O) groups excluding carboxylic acids is 1. The van der Waals surface area contributed by atoms with Crippen molar-refractivity contribution in [2.24, 2.45) is 7.05 Å². The summed E-state index contributed by atoms with van der Waals surface area (Å²) in [6, 6.07) is 12.5. The van der Waals surface area contributed by atoms with Crippen LogP contribution in [0.5, 0.6) is 0 Å². The van der Waals surface area contributed by atoms with Crippen molar-refractivity contribution in [2.75, 3.05) is 18.6 Å². The van der Waals surface area contributed by atoms with Crippen LogP contribution in [0, 0.1) is 0 Å². The number of pyridine rings is 2. The monoisotopic (exact) mass is 440 g/mol.